The summed E-state index contributed by atoms with van der Waals surface area (Å²) in [6.07, 6.45) is 2.04. The van der Waals surface area contributed by atoms with Gasteiger partial charge in [0.2, 0.25) is 11.8 Å². The number of carbonyl (C=O) groups excluding carboxylic acids is 1. The number of carbonyl (C=O) groups is 1. The predicted molar refractivity (Wildman–Crippen MR) is 129 cm³/mol. The Labute approximate surface area is 194 Å². The molecule has 0 fully saturated rings. The molecule has 1 aliphatic heterocycles. The van der Waals surface area contributed by atoms with Crippen molar-refractivity contribution in [3.05, 3.63) is 41.5 Å². The number of para-hydroxylation sites is 1. The molecule has 1 atom stereocenters. The van der Waals surface area contributed by atoms with Crippen LogP contribution < -0.4 is 16.0 Å². The van der Waals surface area contributed by atoms with E-state index in [0.29, 0.717) is 18.9 Å². The summed E-state index contributed by atoms with van der Waals surface area (Å²) in [6.45, 7) is 8.20. The molecule has 164 valence electrons. The van der Waals surface area contributed by atoms with Crippen LogP contribution in [0, 0.1) is 0 Å². The summed E-state index contributed by atoms with van der Waals surface area (Å²) < 4.78 is 5.28. The Morgan fingerprint density at radius 1 is 1.33 bits per heavy atom. The van der Waals surface area contributed by atoms with Crippen LogP contribution in [0.25, 0.3) is 0 Å². The fraction of sp³-hybridized carbons (Fsp3) is 0.524. The lowest BCUT2D eigenvalue weighted by Crippen LogP contribution is -2.38. The van der Waals surface area contributed by atoms with E-state index in [1.807, 2.05) is 39.0 Å². The van der Waals surface area contributed by atoms with Crippen molar-refractivity contribution in [2.75, 3.05) is 25.0 Å². The summed E-state index contributed by atoms with van der Waals surface area (Å²) in [5.41, 5.74) is 2.03. The van der Waals surface area contributed by atoms with Gasteiger partial charge in [0.15, 0.2) is 11.8 Å². The Morgan fingerprint density at radius 2 is 2.13 bits per heavy atom. The molecule has 3 N–H and O–H groups in total. The molecule has 0 spiro atoms. The number of aliphatic imine (C=N–C) groups is 1. The lowest BCUT2D eigenvalue weighted by molar-refractivity contribution is -0.116. The number of benzene rings is 1. The predicted octanol–water partition coefficient (Wildman–Crippen LogP) is 3.42. The van der Waals surface area contributed by atoms with Crippen LogP contribution in [0.3, 0.4) is 0 Å². The van der Waals surface area contributed by atoms with E-state index in [2.05, 4.69) is 32.2 Å². The standard InChI is InChI=1S/C21H30N6O2.HI/c1-4-22-21(23-11-7-10-19-26-20(14(2)3)27-29-19)24-13-15-12-18(28)25-17-9-6-5-8-16(15)17;/h5-6,8-9,14-15H,4,7,10-13H2,1-3H3,(H,25,28)(H2,22,23,24);1H. The first-order chi connectivity index (χ1) is 14.1. The van der Waals surface area contributed by atoms with Crippen molar-refractivity contribution in [2.24, 2.45) is 4.99 Å². The van der Waals surface area contributed by atoms with Gasteiger partial charge >= 0.3 is 0 Å². The van der Waals surface area contributed by atoms with Crippen LogP contribution >= 0.6 is 24.0 Å². The highest BCUT2D eigenvalue weighted by Crippen LogP contribution is 2.31. The number of rotatable bonds is 8. The number of aromatic nitrogens is 2. The number of hydrogen-bond acceptors (Lipinski definition) is 5. The molecule has 0 saturated carbocycles. The third-order valence-electron chi connectivity index (χ3n) is 4.78. The minimum atomic E-state index is 0. The number of aryl methyl sites for hydroxylation is 1. The molecule has 30 heavy (non-hydrogen) atoms. The average Bonchev–Trinajstić information content (AvgIpc) is 3.18. The molecule has 1 aliphatic rings. The van der Waals surface area contributed by atoms with Crippen LogP contribution in [-0.4, -0.2) is 41.6 Å². The first kappa shape index (κ1) is 24.1. The van der Waals surface area contributed by atoms with E-state index in [4.69, 9.17) is 9.52 Å². The molecule has 0 radical (unpaired) electrons. The van der Waals surface area contributed by atoms with Crippen molar-refractivity contribution in [3.8, 4) is 0 Å². The Kier molecular flexibility index (Phi) is 9.54. The van der Waals surface area contributed by atoms with Gasteiger partial charge in [-0.05, 0) is 25.0 Å². The fourth-order valence-corrected chi connectivity index (χ4v) is 3.26. The molecule has 0 saturated heterocycles. The summed E-state index contributed by atoms with van der Waals surface area (Å²) >= 11 is 0. The molecule has 0 aliphatic carbocycles. The largest absolute Gasteiger partial charge is 0.357 e. The monoisotopic (exact) mass is 526 g/mol. The van der Waals surface area contributed by atoms with Gasteiger partial charge in [-0.3, -0.25) is 9.79 Å². The van der Waals surface area contributed by atoms with Gasteiger partial charge in [-0.1, -0.05) is 37.2 Å². The average molecular weight is 526 g/mol. The van der Waals surface area contributed by atoms with Gasteiger partial charge in [0.05, 0.1) is 6.54 Å². The Hall–Kier alpha value is -2.17. The summed E-state index contributed by atoms with van der Waals surface area (Å²) in [7, 11) is 0. The lowest BCUT2D eigenvalue weighted by Gasteiger charge is -2.24. The van der Waals surface area contributed by atoms with Crippen molar-refractivity contribution in [2.45, 2.75) is 51.9 Å². The van der Waals surface area contributed by atoms with Crippen LogP contribution in [0.4, 0.5) is 5.69 Å². The van der Waals surface area contributed by atoms with E-state index in [1.54, 1.807) is 0 Å². The van der Waals surface area contributed by atoms with E-state index in [1.165, 1.54) is 0 Å². The molecule has 1 aromatic carbocycles. The Morgan fingerprint density at radius 3 is 2.87 bits per heavy atom. The van der Waals surface area contributed by atoms with E-state index in [-0.39, 0.29) is 41.7 Å². The van der Waals surface area contributed by atoms with Crippen molar-refractivity contribution >= 4 is 41.5 Å². The third kappa shape index (κ3) is 6.68. The molecule has 1 amide bonds. The molecule has 9 heteroatoms. The zero-order valence-electron chi connectivity index (χ0n) is 17.8. The smallest absolute Gasteiger partial charge is 0.226 e. The zero-order chi connectivity index (χ0) is 20.6. The number of anilines is 1. The number of nitrogens with one attached hydrogen (secondary N) is 3. The second-order valence-electron chi connectivity index (χ2n) is 7.49. The third-order valence-corrected chi connectivity index (χ3v) is 4.78. The van der Waals surface area contributed by atoms with Crippen LogP contribution in [0.15, 0.2) is 33.8 Å². The number of fused-ring (bicyclic) bond motifs is 1. The minimum absolute atomic E-state index is 0. The molecule has 3 rings (SSSR count). The maximum atomic E-state index is 12.0. The second-order valence-corrected chi connectivity index (χ2v) is 7.49. The van der Waals surface area contributed by atoms with E-state index in [9.17, 15) is 4.79 Å². The van der Waals surface area contributed by atoms with Crippen molar-refractivity contribution in [3.63, 3.8) is 0 Å². The summed E-state index contributed by atoms with van der Waals surface area (Å²) in [4.78, 5) is 21.1. The topological polar surface area (TPSA) is 104 Å². The highest BCUT2D eigenvalue weighted by Gasteiger charge is 2.24. The number of hydrogen-bond donors (Lipinski definition) is 3. The molecular formula is C21H31IN6O2. The molecule has 1 unspecified atom stereocenters. The van der Waals surface area contributed by atoms with Crippen molar-refractivity contribution < 1.29 is 9.32 Å². The van der Waals surface area contributed by atoms with E-state index in [0.717, 1.165) is 49.0 Å². The van der Waals surface area contributed by atoms with Crippen LogP contribution in [-0.2, 0) is 11.2 Å². The highest BCUT2D eigenvalue weighted by atomic mass is 127. The van der Waals surface area contributed by atoms with E-state index < -0.39 is 0 Å². The second kappa shape index (κ2) is 11.9. The summed E-state index contributed by atoms with van der Waals surface area (Å²) in [5, 5.41) is 13.5. The van der Waals surface area contributed by atoms with Gasteiger partial charge in [0.1, 0.15) is 0 Å². The first-order valence-corrected chi connectivity index (χ1v) is 10.3. The SMILES string of the molecule is CCNC(=NCC1CC(=O)Nc2ccccc21)NCCCc1nc(C(C)C)no1.I. The molecular weight excluding hydrogens is 495 g/mol. The quantitative estimate of drug-likeness (QED) is 0.211. The Balaban J connectivity index is 0.00000320. The minimum Gasteiger partial charge on any atom is -0.357 e. The van der Waals surface area contributed by atoms with Gasteiger partial charge < -0.3 is 20.5 Å². The summed E-state index contributed by atoms with van der Waals surface area (Å²) in [6, 6.07) is 7.93. The molecule has 2 heterocycles. The van der Waals surface area contributed by atoms with Gasteiger partial charge in [-0.25, -0.2) is 0 Å². The number of amides is 1. The lowest BCUT2D eigenvalue weighted by atomic mass is 9.91. The number of nitrogens with zero attached hydrogens (tertiary/aromatic N) is 3. The van der Waals surface area contributed by atoms with Crippen molar-refractivity contribution in [1.82, 2.24) is 20.8 Å². The normalized spacial score (nSPS) is 15.9. The maximum Gasteiger partial charge on any atom is 0.226 e. The molecule has 1 aromatic heterocycles. The number of guanidine groups is 1. The summed E-state index contributed by atoms with van der Waals surface area (Å²) in [5.74, 6) is 2.57. The van der Waals surface area contributed by atoms with Crippen LogP contribution in [0.2, 0.25) is 0 Å². The zero-order valence-corrected chi connectivity index (χ0v) is 20.1. The molecule has 8 nitrogen and oxygen atoms in total. The van der Waals surface area contributed by atoms with Gasteiger partial charge in [-0.2, -0.15) is 4.98 Å². The van der Waals surface area contributed by atoms with Gasteiger partial charge in [0.25, 0.3) is 0 Å². The maximum absolute atomic E-state index is 12.0. The highest BCUT2D eigenvalue weighted by molar-refractivity contribution is 14.0. The Bertz CT molecular complexity index is 852. The number of halogens is 1. The molecule has 0 bridgehead atoms. The van der Waals surface area contributed by atoms with Gasteiger partial charge in [-0.15, -0.1) is 24.0 Å². The molecule has 2 aromatic rings. The fourth-order valence-electron chi connectivity index (χ4n) is 3.26. The van der Waals surface area contributed by atoms with Crippen LogP contribution in [0.5, 0.6) is 0 Å². The van der Waals surface area contributed by atoms with E-state index >= 15 is 0 Å². The van der Waals surface area contributed by atoms with Crippen molar-refractivity contribution in [1.29, 1.82) is 0 Å². The van der Waals surface area contributed by atoms with Gasteiger partial charge in [0, 0.05) is 43.5 Å². The van der Waals surface area contributed by atoms with Crippen LogP contribution in [0.1, 0.15) is 62.7 Å². The first-order valence-electron chi connectivity index (χ1n) is 10.3.